The van der Waals surface area contributed by atoms with Gasteiger partial charge in [-0.05, 0) is 41.8 Å². The first-order valence-corrected chi connectivity index (χ1v) is 8.25. The van der Waals surface area contributed by atoms with Crippen LogP contribution >= 0.6 is 0 Å². The topological polar surface area (TPSA) is 57.1 Å². The van der Waals surface area contributed by atoms with Crippen LogP contribution in [0.4, 0.5) is 8.78 Å². The predicted molar refractivity (Wildman–Crippen MR) is 96.1 cm³/mol. The van der Waals surface area contributed by atoms with Gasteiger partial charge in [0.15, 0.2) is 17.2 Å². The van der Waals surface area contributed by atoms with Crippen LogP contribution in [0.3, 0.4) is 0 Å². The maximum absolute atomic E-state index is 12.4. The van der Waals surface area contributed by atoms with Crippen molar-refractivity contribution in [3.05, 3.63) is 64.9 Å². The molecule has 0 amide bonds. The number of cyclic esters (lactones) is 1. The van der Waals surface area contributed by atoms with E-state index in [0.717, 1.165) is 12.0 Å². The molecule has 0 spiro atoms. The van der Waals surface area contributed by atoms with Gasteiger partial charge in [0.05, 0.1) is 7.11 Å². The number of aliphatic imine (C=N–C) groups is 1. The Labute approximate surface area is 154 Å². The molecule has 0 aliphatic carbocycles. The molecule has 2 aromatic carbocycles. The van der Waals surface area contributed by atoms with Crippen LogP contribution < -0.4 is 9.47 Å². The molecule has 3 rings (SSSR count). The van der Waals surface area contributed by atoms with Crippen molar-refractivity contribution in [2.45, 2.75) is 20.0 Å². The number of hydrogen-bond donors (Lipinski definition) is 0. The Balaban J connectivity index is 1.87. The first-order valence-electron chi connectivity index (χ1n) is 8.25. The number of alkyl halides is 2. The zero-order valence-electron chi connectivity index (χ0n) is 14.7. The van der Waals surface area contributed by atoms with Gasteiger partial charge in [-0.25, -0.2) is 9.79 Å². The molecule has 1 aliphatic rings. The number of carbonyl (C=O) groups excluding carboxylic acids is 1. The van der Waals surface area contributed by atoms with Gasteiger partial charge in [0.1, 0.15) is 0 Å². The fourth-order valence-corrected chi connectivity index (χ4v) is 2.53. The number of methoxy groups -OCH3 is 1. The lowest BCUT2D eigenvalue weighted by Crippen LogP contribution is -2.07. The molecule has 0 atom stereocenters. The van der Waals surface area contributed by atoms with Gasteiger partial charge in [-0.1, -0.05) is 31.2 Å². The van der Waals surface area contributed by atoms with Gasteiger partial charge in [-0.2, -0.15) is 8.78 Å². The second-order valence-corrected chi connectivity index (χ2v) is 5.68. The zero-order valence-corrected chi connectivity index (χ0v) is 14.7. The molecule has 27 heavy (non-hydrogen) atoms. The standard InChI is InChI=1S/C20H17F2NO4/c1-3-12-4-6-13(7-5-12)10-15-19(24)27-18(23-15)14-8-9-16(26-20(21)22)17(11-14)25-2/h4-11,20H,3H2,1-2H3/b15-10-. The van der Waals surface area contributed by atoms with Crippen molar-refractivity contribution in [1.82, 2.24) is 0 Å². The largest absolute Gasteiger partial charge is 0.493 e. The predicted octanol–water partition coefficient (Wildman–Crippen LogP) is 4.20. The average Bonchev–Trinajstić information content (AvgIpc) is 3.02. The van der Waals surface area contributed by atoms with Gasteiger partial charge in [-0.15, -0.1) is 0 Å². The quantitative estimate of drug-likeness (QED) is 0.562. The highest BCUT2D eigenvalue weighted by Crippen LogP contribution is 2.31. The van der Waals surface area contributed by atoms with Gasteiger partial charge in [-0.3, -0.25) is 0 Å². The molecule has 0 N–H and O–H groups in total. The number of rotatable bonds is 6. The Morgan fingerprint density at radius 1 is 1.15 bits per heavy atom. The molecule has 0 saturated carbocycles. The third kappa shape index (κ3) is 4.31. The molecule has 140 valence electrons. The molecule has 0 saturated heterocycles. The Bertz CT molecular complexity index is 905. The molecule has 2 aromatic rings. The molecule has 0 aromatic heterocycles. The summed E-state index contributed by atoms with van der Waals surface area (Å²) >= 11 is 0. The van der Waals surface area contributed by atoms with Crippen molar-refractivity contribution >= 4 is 17.9 Å². The fraction of sp³-hybridized carbons (Fsp3) is 0.200. The van der Waals surface area contributed by atoms with Gasteiger partial charge in [0, 0.05) is 5.56 Å². The van der Waals surface area contributed by atoms with E-state index in [1.807, 2.05) is 24.3 Å². The highest BCUT2D eigenvalue weighted by molar-refractivity contribution is 6.13. The number of carbonyl (C=O) groups is 1. The molecular weight excluding hydrogens is 356 g/mol. The molecule has 7 heteroatoms. The summed E-state index contributed by atoms with van der Waals surface area (Å²) in [6, 6.07) is 11.9. The van der Waals surface area contributed by atoms with E-state index >= 15 is 0 Å². The van der Waals surface area contributed by atoms with Crippen molar-refractivity contribution in [2.24, 2.45) is 4.99 Å². The second kappa shape index (κ2) is 7.99. The maximum atomic E-state index is 12.4. The average molecular weight is 373 g/mol. The first-order chi connectivity index (χ1) is 13.0. The summed E-state index contributed by atoms with van der Waals surface area (Å²) < 4.78 is 39.5. The van der Waals surface area contributed by atoms with Crippen molar-refractivity contribution in [1.29, 1.82) is 0 Å². The van der Waals surface area contributed by atoms with Gasteiger partial charge in [0.2, 0.25) is 5.90 Å². The Kier molecular flexibility index (Phi) is 5.49. The summed E-state index contributed by atoms with van der Waals surface area (Å²) in [4.78, 5) is 16.3. The lowest BCUT2D eigenvalue weighted by Gasteiger charge is -2.10. The van der Waals surface area contributed by atoms with Crippen LogP contribution in [0.15, 0.2) is 53.2 Å². The van der Waals surface area contributed by atoms with Crippen LogP contribution in [0, 0.1) is 0 Å². The van der Waals surface area contributed by atoms with E-state index in [-0.39, 0.29) is 23.1 Å². The fourth-order valence-electron chi connectivity index (χ4n) is 2.53. The van der Waals surface area contributed by atoms with Gasteiger partial charge in [0.25, 0.3) is 0 Å². The normalized spacial score (nSPS) is 15.1. The molecule has 0 unspecified atom stereocenters. The molecule has 1 aliphatic heterocycles. The molecule has 0 radical (unpaired) electrons. The van der Waals surface area contributed by atoms with E-state index in [1.54, 1.807) is 6.08 Å². The summed E-state index contributed by atoms with van der Waals surface area (Å²) in [5.74, 6) is -0.554. The van der Waals surface area contributed by atoms with Crippen molar-refractivity contribution in [3.63, 3.8) is 0 Å². The van der Waals surface area contributed by atoms with Crippen LogP contribution in [0.1, 0.15) is 23.6 Å². The monoisotopic (exact) mass is 373 g/mol. The second-order valence-electron chi connectivity index (χ2n) is 5.68. The van der Waals surface area contributed by atoms with Crippen molar-refractivity contribution < 1.29 is 27.8 Å². The summed E-state index contributed by atoms with van der Waals surface area (Å²) in [5.41, 5.74) is 2.57. The minimum atomic E-state index is -2.97. The van der Waals surface area contributed by atoms with E-state index < -0.39 is 12.6 Å². The lowest BCUT2D eigenvalue weighted by atomic mass is 10.1. The number of halogens is 2. The van der Waals surface area contributed by atoms with Crippen LogP contribution in [-0.2, 0) is 16.0 Å². The van der Waals surface area contributed by atoms with Crippen molar-refractivity contribution in [3.8, 4) is 11.5 Å². The Hall–Kier alpha value is -3.22. The minimum Gasteiger partial charge on any atom is -0.493 e. The number of benzene rings is 2. The van der Waals surface area contributed by atoms with E-state index in [1.165, 1.54) is 30.9 Å². The Morgan fingerprint density at radius 2 is 1.89 bits per heavy atom. The van der Waals surface area contributed by atoms with E-state index in [2.05, 4.69) is 16.7 Å². The maximum Gasteiger partial charge on any atom is 0.387 e. The molecular formula is C20H17F2NO4. The minimum absolute atomic E-state index is 0.0679. The number of hydrogen-bond acceptors (Lipinski definition) is 5. The number of aryl methyl sites for hydroxylation is 1. The zero-order chi connectivity index (χ0) is 19.4. The highest BCUT2D eigenvalue weighted by atomic mass is 19.3. The SMILES string of the molecule is CCc1ccc(/C=C2\N=C(c3ccc(OC(F)F)c(OC)c3)OC2=O)cc1. The summed E-state index contributed by atoms with van der Waals surface area (Å²) in [6.45, 7) is -0.912. The molecule has 0 bridgehead atoms. The summed E-state index contributed by atoms with van der Waals surface area (Å²) in [5, 5.41) is 0. The molecule has 1 heterocycles. The lowest BCUT2D eigenvalue weighted by molar-refractivity contribution is -0.129. The Morgan fingerprint density at radius 3 is 2.52 bits per heavy atom. The van der Waals surface area contributed by atoms with Crippen LogP contribution in [0.5, 0.6) is 11.5 Å². The van der Waals surface area contributed by atoms with E-state index in [0.29, 0.717) is 5.56 Å². The third-order valence-electron chi connectivity index (χ3n) is 3.94. The van der Waals surface area contributed by atoms with Crippen LogP contribution in [-0.4, -0.2) is 25.6 Å². The first kappa shape index (κ1) is 18.6. The number of ether oxygens (including phenoxy) is 3. The number of esters is 1. The van der Waals surface area contributed by atoms with Crippen LogP contribution in [0.2, 0.25) is 0 Å². The smallest absolute Gasteiger partial charge is 0.387 e. The molecule has 5 nitrogen and oxygen atoms in total. The van der Waals surface area contributed by atoms with Crippen LogP contribution in [0.25, 0.3) is 6.08 Å². The van der Waals surface area contributed by atoms with Gasteiger partial charge >= 0.3 is 12.6 Å². The number of nitrogens with zero attached hydrogens (tertiary/aromatic N) is 1. The molecule has 0 fully saturated rings. The summed E-state index contributed by atoms with van der Waals surface area (Å²) in [6.07, 6.45) is 2.55. The summed E-state index contributed by atoms with van der Waals surface area (Å²) in [7, 11) is 1.32. The van der Waals surface area contributed by atoms with E-state index in [9.17, 15) is 13.6 Å². The third-order valence-corrected chi connectivity index (χ3v) is 3.94. The van der Waals surface area contributed by atoms with Crippen molar-refractivity contribution in [2.75, 3.05) is 7.11 Å². The highest BCUT2D eigenvalue weighted by Gasteiger charge is 2.25. The van der Waals surface area contributed by atoms with E-state index in [4.69, 9.17) is 9.47 Å². The van der Waals surface area contributed by atoms with Gasteiger partial charge < -0.3 is 14.2 Å².